The normalized spacial score (nSPS) is 16.1. The van der Waals surface area contributed by atoms with Gasteiger partial charge in [-0.25, -0.2) is 4.99 Å². The maximum Gasteiger partial charge on any atom is 0.416 e. The molecular formula is C20H20F3N3OS. The average molecular weight is 407 g/mol. The summed E-state index contributed by atoms with van der Waals surface area (Å²) in [7, 11) is 1.86. The van der Waals surface area contributed by atoms with Crippen molar-refractivity contribution in [1.82, 2.24) is 10.2 Å². The van der Waals surface area contributed by atoms with Gasteiger partial charge in [0.15, 0.2) is 5.17 Å². The Bertz CT molecular complexity index is 912. The number of hydrogen-bond donors (Lipinski definition) is 1. The molecule has 2 aromatic carbocycles. The van der Waals surface area contributed by atoms with Crippen LogP contribution in [0.1, 0.15) is 22.3 Å². The van der Waals surface area contributed by atoms with Gasteiger partial charge in [0.05, 0.1) is 17.0 Å². The number of carbonyl (C=O) groups excluding carboxylic acids is 1. The van der Waals surface area contributed by atoms with E-state index in [0.717, 1.165) is 22.9 Å². The van der Waals surface area contributed by atoms with Crippen molar-refractivity contribution < 1.29 is 18.0 Å². The van der Waals surface area contributed by atoms with E-state index in [2.05, 4.69) is 10.3 Å². The first kappa shape index (κ1) is 20.4. The summed E-state index contributed by atoms with van der Waals surface area (Å²) >= 11 is 1.37. The molecule has 0 unspecified atom stereocenters. The van der Waals surface area contributed by atoms with Crippen molar-refractivity contribution in [2.45, 2.75) is 26.2 Å². The lowest BCUT2D eigenvalue weighted by Gasteiger charge is -2.18. The molecule has 148 valence electrons. The SMILES string of the molecule is Cc1ccc(CN(C)Cc2cccc(C(F)(F)F)c2)cc1N=C1NC(=O)CS1. The highest BCUT2D eigenvalue weighted by Gasteiger charge is 2.30. The van der Waals surface area contributed by atoms with E-state index >= 15 is 0 Å². The van der Waals surface area contributed by atoms with Crippen LogP contribution in [0.15, 0.2) is 47.5 Å². The van der Waals surface area contributed by atoms with Gasteiger partial charge in [-0.2, -0.15) is 13.2 Å². The lowest BCUT2D eigenvalue weighted by molar-refractivity contribution is -0.137. The van der Waals surface area contributed by atoms with Gasteiger partial charge >= 0.3 is 6.18 Å². The maximum atomic E-state index is 12.9. The number of alkyl halides is 3. The third-order valence-electron chi connectivity index (χ3n) is 4.24. The number of hydrogen-bond acceptors (Lipinski definition) is 4. The van der Waals surface area contributed by atoms with Gasteiger partial charge in [-0.3, -0.25) is 9.69 Å². The monoisotopic (exact) mass is 407 g/mol. The zero-order valence-electron chi connectivity index (χ0n) is 15.5. The van der Waals surface area contributed by atoms with E-state index in [4.69, 9.17) is 0 Å². The minimum atomic E-state index is -4.34. The van der Waals surface area contributed by atoms with Crippen LogP contribution in [-0.2, 0) is 24.1 Å². The van der Waals surface area contributed by atoms with Crippen LogP contribution in [0.4, 0.5) is 18.9 Å². The van der Waals surface area contributed by atoms with Crippen LogP contribution in [0.5, 0.6) is 0 Å². The van der Waals surface area contributed by atoms with Crippen molar-refractivity contribution in [2.24, 2.45) is 4.99 Å². The number of aliphatic imine (C=N–C) groups is 1. The Morgan fingerprint density at radius 3 is 2.50 bits per heavy atom. The van der Waals surface area contributed by atoms with Gasteiger partial charge < -0.3 is 5.32 Å². The van der Waals surface area contributed by atoms with E-state index in [1.165, 1.54) is 23.9 Å². The number of amides is 1. The number of nitrogens with zero attached hydrogens (tertiary/aromatic N) is 2. The summed E-state index contributed by atoms with van der Waals surface area (Å²) in [4.78, 5) is 17.8. The first-order chi connectivity index (χ1) is 13.2. The summed E-state index contributed by atoms with van der Waals surface area (Å²) in [5.41, 5.74) is 2.72. The molecule has 8 heteroatoms. The first-order valence-electron chi connectivity index (χ1n) is 8.66. The Kier molecular flexibility index (Phi) is 6.10. The van der Waals surface area contributed by atoms with Gasteiger partial charge in [-0.05, 0) is 42.8 Å². The average Bonchev–Trinajstić information content (AvgIpc) is 3.02. The maximum absolute atomic E-state index is 12.9. The van der Waals surface area contributed by atoms with Crippen molar-refractivity contribution in [3.05, 3.63) is 64.7 Å². The van der Waals surface area contributed by atoms with E-state index in [-0.39, 0.29) is 5.91 Å². The number of carbonyl (C=O) groups is 1. The zero-order valence-corrected chi connectivity index (χ0v) is 16.3. The molecule has 0 atom stereocenters. The second-order valence-corrected chi connectivity index (χ2v) is 7.71. The smallest absolute Gasteiger partial charge is 0.304 e. The van der Waals surface area contributed by atoms with Crippen molar-refractivity contribution in [1.29, 1.82) is 0 Å². The standard InChI is InChI=1S/C20H20F3N3OS/c1-13-6-7-15(9-17(13)24-19-25-18(27)12-28-19)11-26(2)10-14-4-3-5-16(8-14)20(21,22)23/h3-9H,10-12H2,1-2H3,(H,24,25,27). The molecule has 1 amide bonds. The fraction of sp³-hybridized carbons (Fsp3) is 0.300. The van der Waals surface area contributed by atoms with Crippen molar-refractivity contribution in [2.75, 3.05) is 12.8 Å². The molecule has 1 aliphatic rings. The van der Waals surface area contributed by atoms with Crippen LogP contribution in [0.2, 0.25) is 0 Å². The van der Waals surface area contributed by atoms with E-state index in [9.17, 15) is 18.0 Å². The molecule has 0 saturated carbocycles. The fourth-order valence-corrected chi connectivity index (χ4v) is 3.58. The van der Waals surface area contributed by atoms with Crippen LogP contribution in [0.3, 0.4) is 0 Å². The predicted octanol–water partition coefficient (Wildman–Crippen LogP) is 4.50. The number of aryl methyl sites for hydroxylation is 1. The molecule has 1 aliphatic heterocycles. The van der Waals surface area contributed by atoms with Gasteiger partial charge in [0, 0.05) is 13.1 Å². The van der Waals surface area contributed by atoms with E-state index in [1.54, 1.807) is 6.07 Å². The lowest BCUT2D eigenvalue weighted by Crippen LogP contribution is -2.20. The van der Waals surface area contributed by atoms with Crippen LogP contribution >= 0.6 is 11.8 Å². The summed E-state index contributed by atoms with van der Waals surface area (Å²) in [5, 5.41) is 3.30. The van der Waals surface area contributed by atoms with Crippen molar-refractivity contribution in [3.63, 3.8) is 0 Å². The molecule has 0 bridgehead atoms. The van der Waals surface area contributed by atoms with Gasteiger partial charge in [0.1, 0.15) is 0 Å². The van der Waals surface area contributed by atoms with Crippen molar-refractivity contribution in [3.8, 4) is 0 Å². The fourth-order valence-electron chi connectivity index (χ4n) is 2.89. The van der Waals surface area contributed by atoms with E-state index in [0.29, 0.717) is 29.6 Å². The quantitative estimate of drug-likeness (QED) is 0.794. The zero-order chi connectivity index (χ0) is 20.3. The van der Waals surface area contributed by atoms with E-state index in [1.807, 2.05) is 37.1 Å². The molecule has 1 saturated heterocycles. The van der Waals surface area contributed by atoms with Crippen LogP contribution in [0, 0.1) is 6.92 Å². The highest BCUT2D eigenvalue weighted by Crippen LogP contribution is 2.30. The molecule has 1 heterocycles. The highest BCUT2D eigenvalue weighted by atomic mass is 32.2. The number of halogens is 3. The minimum absolute atomic E-state index is 0.0571. The molecule has 1 fully saturated rings. The van der Waals surface area contributed by atoms with Crippen LogP contribution < -0.4 is 5.32 Å². The largest absolute Gasteiger partial charge is 0.416 e. The second-order valence-electron chi connectivity index (χ2n) is 6.75. The number of nitrogens with one attached hydrogen (secondary N) is 1. The second kappa shape index (κ2) is 8.36. The molecule has 28 heavy (non-hydrogen) atoms. The van der Waals surface area contributed by atoms with Gasteiger partial charge in [-0.15, -0.1) is 0 Å². The van der Waals surface area contributed by atoms with E-state index < -0.39 is 11.7 Å². The molecule has 4 nitrogen and oxygen atoms in total. The Morgan fingerprint density at radius 1 is 1.14 bits per heavy atom. The number of benzene rings is 2. The van der Waals surface area contributed by atoms with Crippen LogP contribution in [0.25, 0.3) is 0 Å². The summed E-state index contributed by atoms with van der Waals surface area (Å²) in [6.45, 7) is 2.90. The Morgan fingerprint density at radius 2 is 1.86 bits per heavy atom. The highest BCUT2D eigenvalue weighted by molar-refractivity contribution is 8.15. The topological polar surface area (TPSA) is 44.7 Å². The van der Waals surface area contributed by atoms with Crippen LogP contribution in [-0.4, -0.2) is 28.8 Å². The number of rotatable bonds is 5. The third kappa shape index (κ3) is 5.36. The van der Waals surface area contributed by atoms with Gasteiger partial charge in [0.2, 0.25) is 5.91 Å². The molecule has 0 spiro atoms. The summed E-state index contributed by atoms with van der Waals surface area (Å²) in [6.07, 6.45) is -4.34. The molecular weight excluding hydrogens is 387 g/mol. The first-order valence-corrected chi connectivity index (χ1v) is 9.65. The Hall–Kier alpha value is -2.32. The number of amidine groups is 1. The Labute approximate surface area is 165 Å². The molecule has 3 rings (SSSR count). The molecule has 0 radical (unpaired) electrons. The predicted molar refractivity (Wildman–Crippen MR) is 105 cm³/mol. The Balaban J connectivity index is 1.70. The molecule has 1 N–H and O–H groups in total. The van der Waals surface area contributed by atoms with Gasteiger partial charge in [0.25, 0.3) is 0 Å². The minimum Gasteiger partial charge on any atom is -0.304 e. The molecule has 0 aromatic heterocycles. The lowest BCUT2D eigenvalue weighted by atomic mass is 10.1. The summed E-state index contributed by atoms with van der Waals surface area (Å²) in [6, 6.07) is 11.3. The third-order valence-corrected chi connectivity index (χ3v) is 5.11. The molecule has 2 aromatic rings. The van der Waals surface area contributed by atoms with Gasteiger partial charge in [-0.1, -0.05) is 42.1 Å². The summed E-state index contributed by atoms with van der Waals surface area (Å²) < 4.78 is 38.6. The van der Waals surface area contributed by atoms with Crippen molar-refractivity contribution >= 4 is 28.5 Å². The number of thioether (sulfide) groups is 1. The summed E-state index contributed by atoms with van der Waals surface area (Å²) in [5.74, 6) is 0.315. The molecule has 0 aliphatic carbocycles.